The van der Waals surface area contributed by atoms with Crippen LogP contribution in [0.5, 0.6) is 11.5 Å². The molecular formula is C25H18FO3S+. The molecule has 0 unspecified atom stereocenters. The van der Waals surface area contributed by atoms with Gasteiger partial charge in [-0.05, 0) is 60.7 Å². The molecule has 4 rings (SSSR count). The van der Waals surface area contributed by atoms with Crippen molar-refractivity contribution in [2.45, 2.75) is 14.7 Å². The number of hydrogen-bond donors (Lipinski definition) is 1. The van der Waals surface area contributed by atoms with Crippen LogP contribution in [0.25, 0.3) is 0 Å². The molecule has 30 heavy (non-hydrogen) atoms. The zero-order chi connectivity index (χ0) is 20.9. The number of esters is 1. The zero-order valence-electron chi connectivity index (χ0n) is 15.9. The molecule has 0 fully saturated rings. The molecular weight excluding hydrogens is 399 g/mol. The Balaban J connectivity index is 1.62. The first-order valence-corrected chi connectivity index (χ1v) is 10.5. The Morgan fingerprint density at radius 2 is 1.23 bits per heavy atom. The van der Waals surface area contributed by atoms with Gasteiger partial charge in [-0.2, -0.15) is 4.39 Å². The number of carbonyl (C=O) groups is 1. The molecule has 1 N–H and O–H groups in total. The molecule has 148 valence electrons. The van der Waals surface area contributed by atoms with Gasteiger partial charge in [0, 0.05) is 0 Å². The Morgan fingerprint density at radius 3 is 1.80 bits per heavy atom. The van der Waals surface area contributed by atoms with Gasteiger partial charge in [-0.15, -0.1) is 0 Å². The molecule has 0 atom stereocenters. The van der Waals surface area contributed by atoms with Crippen LogP contribution in [-0.4, -0.2) is 11.1 Å². The van der Waals surface area contributed by atoms with Gasteiger partial charge in [0.05, 0.1) is 16.5 Å². The lowest BCUT2D eigenvalue weighted by molar-refractivity contribution is 0.0727. The standard InChI is InChI=1S/C25H17FO3S/c26-24-22(27)12-7-13-23(24)29-25(28)18-14-16-21(17-15-18)30(19-8-3-1-4-9-19)20-10-5-2-6-11-20/h1-17H/p+1. The van der Waals surface area contributed by atoms with Crippen LogP contribution in [0.15, 0.2) is 118 Å². The second kappa shape index (κ2) is 8.84. The summed E-state index contributed by atoms with van der Waals surface area (Å²) in [5.74, 6) is -2.52. The van der Waals surface area contributed by atoms with Crippen LogP contribution >= 0.6 is 0 Å². The van der Waals surface area contributed by atoms with E-state index in [4.69, 9.17) is 4.74 Å². The fraction of sp³-hybridized carbons (Fsp3) is 0. The molecule has 0 aromatic heterocycles. The third-order valence-electron chi connectivity index (χ3n) is 4.43. The molecule has 0 saturated carbocycles. The second-order valence-corrected chi connectivity index (χ2v) is 8.46. The van der Waals surface area contributed by atoms with Gasteiger partial charge >= 0.3 is 5.97 Å². The van der Waals surface area contributed by atoms with Crippen LogP contribution in [0.4, 0.5) is 4.39 Å². The van der Waals surface area contributed by atoms with E-state index in [2.05, 4.69) is 24.3 Å². The summed E-state index contributed by atoms with van der Waals surface area (Å²) in [6, 6.07) is 31.4. The lowest BCUT2D eigenvalue weighted by Gasteiger charge is -2.09. The minimum absolute atomic E-state index is 0.297. The van der Waals surface area contributed by atoms with Crippen molar-refractivity contribution in [3.63, 3.8) is 0 Å². The second-order valence-electron chi connectivity index (χ2n) is 6.44. The van der Waals surface area contributed by atoms with E-state index in [1.807, 2.05) is 48.5 Å². The molecule has 0 aliphatic carbocycles. The van der Waals surface area contributed by atoms with E-state index in [1.165, 1.54) is 28.0 Å². The third kappa shape index (κ3) is 4.21. The maximum Gasteiger partial charge on any atom is 0.343 e. The SMILES string of the molecule is O=C(Oc1cccc(O)c1F)c1ccc([S+](c2ccccc2)c2ccccc2)cc1. The van der Waals surface area contributed by atoms with Crippen LogP contribution in [0.2, 0.25) is 0 Å². The number of phenols is 1. The van der Waals surface area contributed by atoms with Crippen LogP contribution in [-0.2, 0) is 10.9 Å². The van der Waals surface area contributed by atoms with E-state index in [1.54, 1.807) is 12.1 Å². The first-order chi connectivity index (χ1) is 14.6. The number of ether oxygens (including phenoxy) is 1. The van der Waals surface area contributed by atoms with Crippen LogP contribution in [0, 0.1) is 5.82 Å². The minimum Gasteiger partial charge on any atom is -0.505 e. The zero-order valence-corrected chi connectivity index (χ0v) is 16.7. The predicted octanol–water partition coefficient (Wildman–Crippen LogP) is 5.85. The lowest BCUT2D eigenvalue weighted by atomic mass is 10.2. The van der Waals surface area contributed by atoms with E-state index in [0.717, 1.165) is 4.90 Å². The van der Waals surface area contributed by atoms with E-state index in [0.29, 0.717) is 5.56 Å². The maximum absolute atomic E-state index is 13.9. The number of phenolic OH excluding ortho intramolecular Hbond substituents is 1. The highest BCUT2D eigenvalue weighted by atomic mass is 32.2. The molecule has 0 bridgehead atoms. The van der Waals surface area contributed by atoms with Gasteiger partial charge in [-0.1, -0.05) is 42.5 Å². The summed E-state index contributed by atoms with van der Waals surface area (Å²) < 4.78 is 19.0. The molecule has 3 nitrogen and oxygen atoms in total. The molecule has 0 aliphatic heterocycles. The lowest BCUT2D eigenvalue weighted by Crippen LogP contribution is -2.10. The highest BCUT2D eigenvalue weighted by Gasteiger charge is 2.28. The van der Waals surface area contributed by atoms with Gasteiger partial charge in [-0.25, -0.2) is 4.79 Å². The molecule has 4 aromatic rings. The highest BCUT2D eigenvalue weighted by molar-refractivity contribution is 7.97. The smallest absolute Gasteiger partial charge is 0.343 e. The third-order valence-corrected chi connectivity index (χ3v) is 6.66. The predicted molar refractivity (Wildman–Crippen MR) is 115 cm³/mol. The van der Waals surface area contributed by atoms with Crippen LogP contribution < -0.4 is 4.74 Å². The molecule has 0 radical (unpaired) electrons. The molecule has 0 aliphatic rings. The van der Waals surface area contributed by atoms with Crippen molar-refractivity contribution >= 4 is 16.9 Å². The van der Waals surface area contributed by atoms with E-state index in [-0.39, 0.29) is 16.6 Å². The van der Waals surface area contributed by atoms with Crippen molar-refractivity contribution in [3.05, 3.63) is 115 Å². The summed E-state index contributed by atoms with van der Waals surface area (Å²) in [5.41, 5.74) is 0.297. The van der Waals surface area contributed by atoms with E-state index < -0.39 is 17.5 Å². The molecule has 0 spiro atoms. The maximum atomic E-state index is 13.9. The number of halogens is 1. The summed E-state index contributed by atoms with van der Waals surface area (Å²) in [4.78, 5) is 15.8. The van der Waals surface area contributed by atoms with Crippen molar-refractivity contribution in [1.29, 1.82) is 0 Å². The van der Waals surface area contributed by atoms with Gasteiger partial charge in [0.1, 0.15) is 0 Å². The topological polar surface area (TPSA) is 46.5 Å². The number of rotatable bonds is 5. The highest BCUT2D eigenvalue weighted by Crippen LogP contribution is 2.31. The average Bonchev–Trinajstić information content (AvgIpc) is 2.79. The number of hydrogen-bond acceptors (Lipinski definition) is 3. The molecule has 0 heterocycles. The first kappa shape index (κ1) is 19.7. The van der Waals surface area contributed by atoms with Gasteiger partial charge in [-0.3, -0.25) is 0 Å². The summed E-state index contributed by atoms with van der Waals surface area (Å²) >= 11 is 0. The van der Waals surface area contributed by atoms with Crippen molar-refractivity contribution in [3.8, 4) is 11.5 Å². The molecule has 0 saturated heterocycles. The van der Waals surface area contributed by atoms with Gasteiger partial charge in [0.15, 0.2) is 26.2 Å². The van der Waals surface area contributed by atoms with Crippen molar-refractivity contribution in [1.82, 2.24) is 0 Å². The Bertz CT molecular complexity index is 1110. The Labute approximate surface area is 176 Å². The fourth-order valence-electron chi connectivity index (χ4n) is 2.99. The summed E-state index contributed by atoms with van der Waals surface area (Å²) in [7, 11) is -0.326. The average molecular weight is 417 g/mol. The van der Waals surface area contributed by atoms with Crippen molar-refractivity contribution in [2.24, 2.45) is 0 Å². The van der Waals surface area contributed by atoms with E-state index >= 15 is 0 Å². The van der Waals surface area contributed by atoms with Crippen molar-refractivity contribution < 1.29 is 19.0 Å². The Morgan fingerprint density at radius 1 is 0.700 bits per heavy atom. The quantitative estimate of drug-likeness (QED) is 0.252. The fourth-order valence-corrected chi connectivity index (χ4v) is 5.07. The van der Waals surface area contributed by atoms with Crippen LogP contribution in [0.3, 0.4) is 0 Å². The number of benzene rings is 4. The first-order valence-electron chi connectivity index (χ1n) is 9.27. The van der Waals surface area contributed by atoms with Crippen LogP contribution in [0.1, 0.15) is 10.4 Å². The van der Waals surface area contributed by atoms with Gasteiger partial charge in [0.25, 0.3) is 0 Å². The Kier molecular flexibility index (Phi) is 5.82. The largest absolute Gasteiger partial charge is 0.505 e. The number of aromatic hydroxyl groups is 1. The Hall–Kier alpha value is -3.57. The molecule has 5 heteroatoms. The summed E-state index contributed by atoms with van der Waals surface area (Å²) in [6.45, 7) is 0. The molecule has 4 aromatic carbocycles. The minimum atomic E-state index is -0.961. The summed E-state index contributed by atoms with van der Waals surface area (Å²) in [5, 5.41) is 9.43. The molecule has 0 amide bonds. The van der Waals surface area contributed by atoms with E-state index in [9.17, 15) is 14.3 Å². The van der Waals surface area contributed by atoms with Gasteiger partial charge in [0.2, 0.25) is 5.82 Å². The monoisotopic (exact) mass is 417 g/mol. The van der Waals surface area contributed by atoms with Gasteiger partial charge < -0.3 is 9.84 Å². The number of carbonyl (C=O) groups excluding carboxylic acids is 1. The van der Waals surface area contributed by atoms with Crippen molar-refractivity contribution in [2.75, 3.05) is 0 Å². The summed E-state index contributed by atoms with van der Waals surface area (Å²) in [6.07, 6.45) is 0. The normalized spacial score (nSPS) is 10.7.